The number of piperidine rings is 1. The largest absolute Gasteiger partial charge is 0.372 e. The molecule has 0 radical (unpaired) electrons. The fourth-order valence-corrected chi connectivity index (χ4v) is 3.41. The first kappa shape index (κ1) is 19.9. The van der Waals surface area contributed by atoms with Crippen LogP contribution in [-0.4, -0.2) is 31.4 Å². The van der Waals surface area contributed by atoms with E-state index in [9.17, 15) is 9.59 Å². The Morgan fingerprint density at radius 3 is 2.32 bits per heavy atom. The second-order valence-corrected chi connectivity index (χ2v) is 7.53. The molecule has 0 atom stereocenters. The molecule has 28 heavy (non-hydrogen) atoms. The molecule has 1 aliphatic heterocycles. The van der Waals surface area contributed by atoms with Gasteiger partial charge >= 0.3 is 0 Å². The molecule has 2 aromatic carbocycles. The van der Waals surface area contributed by atoms with E-state index in [2.05, 4.69) is 34.6 Å². The number of rotatable bonds is 7. The number of hydrogen-bond donors (Lipinski definition) is 2. The Balaban J connectivity index is 1.38. The number of carbonyl (C=O) groups excluding carboxylic acids is 2. The Labute approximate surface area is 167 Å². The van der Waals surface area contributed by atoms with E-state index in [4.69, 9.17) is 0 Å². The van der Waals surface area contributed by atoms with E-state index < -0.39 is 0 Å². The summed E-state index contributed by atoms with van der Waals surface area (Å²) in [5, 5.41) is 5.69. The molecule has 0 saturated carbocycles. The van der Waals surface area contributed by atoms with Crippen molar-refractivity contribution in [2.45, 2.75) is 32.6 Å². The van der Waals surface area contributed by atoms with Gasteiger partial charge in [0.25, 0.3) is 0 Å². The average Bonchev–Trinajstić information content (AvgIpc) is 2.70. The fraction of sp³-hybridized carbons (Fsp3) is 0.391. The van der Waals surface area contributed by atoms with Crippen LogP contribution < -0.4 is 15.5 Å². The molecular weight excluding hydrogens is 350 g/mol. The highest BCUT2D eigenvalue weighted by atomic mass is 16.2. The van der Waals surface area contributed by atoms with Gasteiger partial charge in [-0.05, 0) is 48.6 Å². The van der Waals surface area contributed by atoms with Crippen LogP contribution in [0.2, 0.25) is 0 Å². The summed E-state index contributed by atoms with van der Waals surface area (Å²) in [6, 6.07) is 17.6. The first-order valence-corrected chi connectivity index (χ1v) is 10.1. The quantitative estimate of drug-likeness (QED) is 0.773. The highest BCUT2D eigenvalue weighted by Gasteiger charge is 2.16. The second kappa shape index (κ2) is 9.93. The number of nitrogens with one attached hydrogen (secondary N) is 2. The summed E-state index contributed by atoms with van der Waals surface area (Å²) < 4.78 is 0. The van der Waals surface area contributed by atoms with Gasteiger partial charge in [0.15, 0.2) is 0 Å². The van der Waals surface area contributed by atoms with Crippen LogP contribution in [0.1, 0.15) is 31.7 Å². The van der Waals surface area contributed by atoms with Gasteiger partial charge < -0.3 is 15.5 Å². The molecule has 2 amide bonds. The standard InChI is InChI=1S/C23H29N3O2/c1-18-12-15-26(16-13-18)21-9-7-20(8-10-21)25-22(27)11-14-24-23(28)17-19-5-3-2-4-6-19/h2-10,18H,11-17H2,1H3,(H,24,28)(H,25,27). The van der Waals surface area contributed by atoms with Crippen LogP contribution in [0.4, 0.5) is 11.4 Å². The molecule has 1 aliphatic rings. The van der Waals surface area contributed by atoms with Crippen LogP contribution in [0.15, 0.2) is 54.6 Å². The summed E-state index contributed by atoms with van der Waals surface area (Å²) in [4.78, 5) is 26.4. The smallest absolute Gasteiger partial charge is 0.226 e. The molecule has 1 heterocycles. The van der Waals surface area contributed by atoms with Crippen LogP contribution >= 0.6 is 0 Å². The zero-order chi connectivity index (χ0) is 19.8. The van der Waals surface area contributed by atoms with E-state index in [1.807, 2.05) is 42.5 Å². The molecule has 0 aromatic heterocycles. The van der Waals surface area contributed by atoms with Gasteiger partial charge in [-0.1, -0.05) is 37.3 Å². The van der Waals surface area contributed by atoms with Gasteiger partial charge in [-0.25, -0.2) is 0 Å². The van der Waals surface area contributed by atoms with E-state index in [0.29, 0.717) is 13.0 Å². The third-order valence-electron chi connectivity index (χ3n) is 5.18. The topological polar surface area (TPSA) is 61.4 Å². The fourth-order valence-electron chi connectivity index (χ4n) is 3.41. The van der Waals surface area contributed by atoms with E-state index in [1.54, 1.807) is 0 Å². The third kappa shape index (κ3) is 6.12. The lowest BCUT2D eigenvalue weighted by atomic mass is 9.99. The average molecular weight is 380 g/mol. The van der Waals surface area contributed by atoms with Crippen LogP contribution in [0.3, 0.4) is 0 Å². The normalized spacial score (nSPS) is 14.5. The summed E-state index contributed by atoms with van der Waals surface area (Å²) in [6.07, 6.45) is 3.05. The molecule has 5 heteroatoms. The Bertz CT molecular complexity index is 766. The molecule has 148 valence electrons. The van der Waals surface area contributed by atoms with E-state index >= 15 is 0 Å². The molecule has 0 unspecified atom stereocenters. The van der Waals surface area contributed by atoms with Crippen LogP contribution in [0.5, 0.6) is 0 Å². The molecule has 0 spiro atoms. The predicted octanol–water partition coefficient (Wildman–Crippen LogP) is 3.61. The lowest BCUT2D eigenvalue weighted by Gasteiger charge is -2.32. The predicted molar refractivity (Wildman–Crippen MR) is 113 cm³/mol. The number of hydrogen-bond acceptors (Lipinski definition) is 3. The Morgan fingerprint density at radius 1 is 0.964 bits per heavy atom. The Hall–Kier alpha value is -2.82. The third-order valence-corrected chi connectivity index (χ3v) is 5.18. The molecule has 2 aromatic rings. The molecule has 0 bridgehead atoms. The van der Waals surface area contributed by atoms with Gasteiger partial charge in [-0.15, -0.1) is 0 Å². The molecule has 5 nitrogen and oxygen atoms in total. The van der Waals surface area contributed by atoms with Crippen molar-refractivity contribution in [2.24, 2.45) is 5.92 Å². The lowest BCUT2D eigenvalue weighted by Crippen LogP contribution is -2.32. The molecule has 1 saturated heterocycles. The zero-order valence-electron chi connectivity index (χ0n) is 16.5. The van der Waals surface area contributed by atoms with Crippen LogP contribution in [0, 0.1) is 5.92 Å². The number of carbonyl (C=O) groups is 2. The van der Waals surface area contributed by atoms with Crippen molar-refractivity contribution >= 4 is 23.2 Å². The summed E-state index contributed by atoms with van der Waals surface area (Å²) in [7, 11) is 0. The number of benzene rings is 2. The van der Waals surface area contributed by atoms with E-state index in [0.717, 1.165) is 30.3 Å². The van der Waals surface area contributed by atoms with Gasteiger partial charge in [0.2, 0.25) is 11.8 Å². The SMILES string of the molecule is CC1CCN(c2ccc(NC(=O)CCNC(=O)Cc3ccccc3)cc2)CC1. The molecule has 3 rings (SSSR count). The minimum Gasteiger partial charge on any atom is -0.372 e. The van der Waals surface area contributed by atoms with Crippen molar-refractivity contribution < 1.29 is 9.59 Å². The second-order valence-electron chi connectivity index (χ2n) is 7.53. The Kier molecular flexibility index (Phi) is 7.06. The highest BCUT2D eigenvalue weighted by Crippen LogP contribution is 2.24. The molecular formula is C23H29N3O2. The minimum atomic E-state index is -0.0976. The van der Waals surface area contributed by atoms with Crippen molar-refractivity contribution in [1.29, 1.82) is 0 Å². The van der Waals surface area contributed by atoms with E-state index in [-0.39, 0.29) is 18.2 Å². The first-order valence-electron chi connectivity index (χ1n) is 10.1. The maximum atomic E-state index is 12.1. The maximum Gasteiger partial charge on any atom is 0.226 e. The Morgan fingerprint density at radius 2 is 1.64 bits per heavy atom. The molecule has 2 N–H and O–H groups in total. The lowest BCUT2D eigenvalue weighted by molar-refractivity contribution is -0.120. The van der Waals surface area contributed by atoms with Gasteiger partial charge in [0.05, 0.1) is 6.42 Å². The number of amides is 2. The first-order chi connectivity index (χ1) is 13.6. The van der Waals surface area contributed by atoms with Crippen LogP contribution in [0.25, 0.3) is 0 Å². The van der Waals surface area contributed by atoms with Gasteiger partial charge in [0, 0.05) is 37.4 Å². The summed E-state index contributed by atoms with van der Waals surface area (Å²) in [5.41, 5.74) is 2.96. The van der Waals surface area contributed by atoms with Crippen LogP contribution in [-0.2, 0) is 16.0 Å². The summed E-state index contributed by atoms with van der Waals surface area (Å²) in [6.45, 7) is 4.83. The van der Waals surface area contributed by atoms with Crippen molar-refractivity contribution in [3.8, 4) is 0 Å². The summed E-state index contributed by atoms with van der Waals surface area (Å²) in [5.74, 6) is 0.641. The van der Waals surface area contributed by atoms with Gasteiger partial charge in [-0.2, -0.15) is 0 Å². The molecule has 1 fully saturated rings. The minimum absolute atomic E-state index is 0.0702. The highest BCUT2D eigenvalue weighted by molar-refractivity contribution is 5.91. The number of anilines is 2. The zero-order valence-corrected chi connectivity index (χ0v) is 16.5. The van der Waals surface area contributed by atoms with Crippen molar-refractivity contribution in [3.05, 3.63) is 60.2 Å². The number of nitrogens with zero attached hydrogens (tertiary/aromatic N) is 1. The van der Waals surface area contributed by atoms with Gasteiger partial charge in [0.1, 0.15) is 0 Å². The monoisotopic (exact) mass is 379 g/mol. The maximum absolute atomic E-state index is 12.1. The summed E-state index contributed by atoms with van der Waals surface area (Å²) >= 11 is 0. The van der Waals surface area contributed by atoms with Crippen molar-refractivity contribution in [2.75, 3.05) is 29.9 Å². The van der Waals surface area contributed by atoms with E-state index in [1.165, 1.54) is 18.5 Å². The van der Waals surface area contributed by atoms with Gasteiger partial charge in [-0.3, -0.25) is 9.59 Å². The molecule has 0 aliphatic carbocycles. The van der Waals surface area contributed by atoms with Crippen molar-refractivity contribution in [1.82, 2.24) is 5.32 Å². The van der Waals surface area contributed by atoms with Crippen molar-refractivity contribution in [3.63, 3.8) is 0 Å².